The SMILES string of the molecule is COc1ccc([C@H]2Oc3ccccc3C3=C2[C@@H](c2ccccc2F)n2nc(SC)nc2N3)cc1OC. The van der Waals surface area contributed by atoms with Gasteiger partial charge in [-0.25, -0.2) is 9.07 Å². The number of thioether (sulfide) groups is 1. The van der Waals surface area contributed by atoms with E-state index in [1.165, 1.54) is 17.8 Å². The number of hydrogen-bond donors (Lipinski definition) is 1. The van der Waals surface area contributed by atoms with E-state index < -0.39 is 12.1 Å². The second-order valence-electron chi connectivity index (χ2n) is 8.35. The van der Waals surface area contributed by atoms with E-state index in [0.29, 0.717) is 33.9 Å². The van der Waals surface area contributed by atoms with Crippen LogP contribution in [0.15, 0.2) is 77.5 Å². The number of rotatable bonds is 5. The first-order chi connectivity index (χ1) is 17.6. The second-order valence-corrected chi connectivity index (χ2v) is 9.13. The minimum Gasteiger partial charge on any atom is -0.493 e. The van der Waals surface area contributed by atoms with Gasteiger partial charge in [-0.15, -0.1) is 5.10 Å². The van der Waals surface area contributed by atoms with E-state index in [2.05, 4.69) is 10.3 Å². The molecule has 0 aliphatic carbocycles. The summed E-state index contributed by atoms with van der Waals surface area (Å²) in [6, 6.07) is 19.7. The van der Waals surface area contributed by atoms with Gasteiger partial charge in [0.25, 0.3) is 0 Å². The van der Waals surface area contributed by atoms with E-state index in [-0.39, 0.29) is 5.82 Å². The zero-order chi connectivity index (χ0) is 24.8. The van der Waals surface area contributed by atoms with Gasteiger partial charge in [-0.1, -0.05) is 48.2 Å². The molecular formula is C27H23FN4O3S. The number of methoxy groups -OCH3 is 2. The van der Waals surface area contributed by atoms with Crippen molar-refractivity contribution in [3.05, 3.63) is 94.8 Å². The summed E-state index contributed by atoms with van der Waals surface area (Å²) in [6.07, 6.45) is 1.36. The first kappa shape index (κ1) is 22.5. The van der Waals surface area contributed by atoms with Gasteiger partial charge in [-0.3, -0.25) is 0 Å². The molecule has 0 fully saturated rings. The van der Waals surface area contributed by atoms with Crippen molar-refractivity contribution in [1.82, 2.24) is 14.8 Å². The van der Waals surface area contributed by atoms with E-state index in [4.69, 9.17) is 19.3 Å². The van der Waals surface area contributed by atoms with E-state index in [9.17, 15) is 0 Å². The molecule has 0 bridgehead atoms. The van der Waals surface area contributed by atoms with Crippen LogP contribution in [0.1, 0.15) is 28.8 Å². The van der Waals surface area contributed by atoms with Crippen LogP contribution >= 0.6 is 11.8 Å². The summed E-state index contributed by atoms with van der Waals surface area (Å²) in [5.74, 6) is 2.13. The molecule has 3 aromatic carbocycles. The zero-order valence-corrected chi connectivity index (χ0v) is 20.7. The van der Waals surface area contributed by atoms with E-state index in [0.717, 1.165) is 22.4 Å². The van der Waals surface area contributed by atoms with Crippen molar-refractivity contribution in [3.63, 3.8) is 0 Å². The Morgan fingerprint density at radius 2 is 1.78 bits per heavy atom. The summed E-state index contributed by atoms with van der Waals surface area (Å²) in [5.41, 5.74) is 3.87. The lowest BCUT2D eigenvalue weighted by molar-refractivity contribution is 0.221. The number of nitrogens with zero attached hydrogens (tertiary/aromatic N) is 3. The molecule has 2 aliphatic heterocycles. The lowest BCUT2D eigenvalue weighted by Gasteiger charge is -2.39. The maximum Gasteiger partial charge on any atom is 0.227 e. The highest BCUT2D eigenvalue weighted by atomic mass is 32.2. The number of halogens is 1. The molecule has 1 N–H and O–H groups in total. The van der Waals surface area contributed by atoms with Gasteiger partial charge in [-0.05, 0) is 36.6 Å². The quantitative estimate of drug-likeness (QED) is 0.350. The number of aromatic nitrogens is 3. The van der Waals surface area contributed by atoms with Gasteiger partial charge in [0.05, 0.1) is 19.9 Å². The number of fused-ring (bicyclic) bond motifs is 3. The minimum atomic E-state index is -0.586. The van der Waals surface area contributed by atoms with Gasteiger partial charge in [0.15, 0.2) is 11.5 Å². The van der Waals surface area contributed by atoms with Crippen LogP contribution < -0.4 is 19.5 Å². The molecule has 0 saturated heterocycles. The van der Waals surface area contributed by atoms with E-state index in [1.807, 2.05) is 54.8 Å². The van der Waals surface area contributed by atoms with Crippen LogP contribution in [-0.2, 0) is 0 Å². The predicted octanol–water partition coefficient (Wildman–Crippen LogP) is 5.72. The van der Waals surface area contributed by atoms with Gasteiger partial charge in [-0.2, -0.15) is 4.98 Å². The van der Waals surface area contributed by atoms with Crippen molar-refractivity contribution in [2.75, 3.05) is 25.8 Å². The molecule has 2 atom stereocenters. The molecule has 7 nitrogen and oxygen atoms in total. The first-order valence-corrected chi connectivity index (χ1v) is 12.6. The maximum absolute atomic E-state index is 15.4. The lowest BCUT2D eigenvalue weighted by atomic mass is 9.84. The molecule has 4 aromatic rings. The Morgan fingerprint density at radius 3 is 2.56 bits per heavy atom. The Bertz CT molecular complexity index is 1500. The average molecular weight is 503 g/mol. The Hall–Kier alpha value is -3.98. The molecule has 36 heavy (non-hydrogen) atoms. The number of hydrogen-bond acceptors (Lipinski definition) is 7. The Morgan fingerprint density at radius 1 is 1.00 bits per heavy atom. The van der Waals surface area contributed by atoms with Crippen LogP contribution in [0.2, 0.25) is 0 Å². The van der Waals surface area contributed by atoms with Gasteiger partial charge < -0.3 is 19.5 Å². The monoisotopic (exact) mass is 502 g/mol. The van der Waals surface area contributed by atoms with Gasteiger partial charge in [0.1, 0.15) is 23.7 Å². The standard InChI is InChI=1S/C27H23FN4O3S/c1-33-20-13-12-15(14-21(20)34-2)25-22-23(17-9-5-7-11-19(17)35-25)29-26-30-27(36-3)31-32(26)24(22)16-8-4-6-10-18(16)28/h4-14,24-25H,1-3H3,(H,29,30,31)/t24-,25-/m1/s1. The molecule has 0 amide bonds. The summed E-state index contributed by atoms with van der Waals surface area (Å²) in [6.45, 7) is 0. The molecule has 0 unspecified atom stereocenters. The largest absolute Gasteiger partial charge is 0.493 e. The lowest BCUT2D eigenvalue weighted by Crippen LogP contribution is -2.32. The third kappa shape index (κ3) is 3.50. The molecule has 0 saturated carbocycles. The van der Waals surface area contributed by atoms with Crippen LogP contribution in [-0.4, -0.2) is 35.2 Å². The fourth-order valence-corrected chi connectivity index (χ4v) is 5.18. The molecule has 0 radical (unpaired) electrons. The fraction of sp³-hybridized carbons (Fsp3) is 0.185. The van der Waals surface area contributed by atoms with Crippen LogP contribution in [0.4, 0.5) is 10.3 Å². The number of ether oxygens (including phenoxy) is 3. The van der Waals surface area contributed by atoms with Crippen molar-refractivity contribution in [2.45, 2.75) is 17.3 Å². The highest BCUT2D eigenvalue weighted by molar-refractivity contribution is 7.98. The van der Waals surface area contributed by atoms with Gasteiger partial charge in [0, 0.05) is 22.3 Å². The Balaban J connectivity index is 1.63. The van der Waals surface area contributed by atoms with Crippen molar-refractivity contribution in [3.8, 4) is 17.2 Å². The molecule has 3 heterocycles. The molecule has 6 rings (SSSR count). The molecule has 0 spiro atoms. The third-order valence-corrected chi connectivity index (χ3v) is 6.99. The Kier molecular flexibility index (Phi) is 5.56. The Labute approximate surface area is 211 Å². The first-order valence-electron chi connectivity index (χ1n) is 11.4. The van der Waals surface area contributed by atoms with Crippen LogP contribution in [0.5, 0.6) is 17.2 Å². The molecule has 182 valence electrons. The normalized spacial score (nSPS) is 17.9. The molecule has 2 aliphatic rings. The summed E-state index contributed by atoms with van der Waals surface area (Å²) in [7, 11) is 3.19. The number of benzene rings is 3. The average Bonchev–Trinajstić information content (AvgIpc) is 3.34. The summed E-state index contributed by atoms with van der Waals surface area (Å²) < 4.78 is 34.8. The van der Waals surface area contributed by atoms with Crippen LogP contribution in [0.3, 0.4) is 0 Å². The summed E-state index contributed by atoms with van der Waals surface area (Å²) in [5, 5.41) is 8.78. The molecule has 9 heteroatoms. The molecular weight excluding hydrogens is 479 g/mol. The minimum absolute atomic E-state index is 0.326. The van der Waals surface area contributed by atoms with E-state index in [1.54, 1.807) is 31.0 Å². The topological polar surface area (TPSA) is 70.4 Å². The van der Waals surface area contributed by atoms with Crippen molar-refractivity contribution in [2.24, 2.45) is 0 Å². The van der Waals surface area contributed by atoms with Gasteiger partial charge in [0.2, 0.25) is 11.1 Å². The summed E-state index contributed by atoms with van der Waals surface area (Å²) in [4.78, 5) is 4.66. The highest BCUT2D eigenvalue weighted by Gasteiger charge is 2.42. The fourth-order valence-electron chi connectivity index (χ4n) is 4.83. The number of anilines is 1. The zero-order valence-electron chi connectivity index (χ0n) is 19.9. The summed E-state index contributed by atoms with van der Waals surface area (Å²) >= 11 is 1.43. The number of para-hydroxylation sites is 1. The van der Waals surface area contributed by atoms with E-state index >= 15 is 4.39 Å². The molecule has 1 aromatic heterocycles. The smallest absolute Gasteiger partial charge is 0.227 e. The maximum atomic E-state index is 15.4. The highest BCUT2D eigenvalue weighted by Crippen LogP contribution is 2.51. The van der Waals surface area contributed by atoms with Crippen LogP contribution in [0.25, 0.3) is 5.70 Å². The predicted molar refractivity (Wildman–Crippen MR) is 136 cm³/mol. The van der Waals surface area contributed by atoms with Crippen molar-refractivity contribution < 1.29 is 18.6 Å². The van der Waals surface area contributed by atoms with Gasteiger partial charge >= 0.3 is 0 Å². The van der Waals surface area contributed by atoms with Crippen LogP contribution in [0, 0.1) is 5.82 Å². The third-order valence-electron chi connectivity index (χ3n) is 6.45. The van der Waals surface area contributed by atoms with Crippen molar-refractivity contribution in [1.29, 1.82) is 0 Å². The second kappa shape index (κ2) is 8.91. The van der Waals surface area contributed by atoms with Crippen molar-refractivity contribution >= 4 is 23.4 Å². The number of nitrogens with one attached hydrogen (secondary N) is 1.